The summed E-state index contributed by atoms with van der Waals surface area (Å²) in [7, 11) is 1.89. The number of carbonyl (C=O) groups excluding carboxylic acids is 1. The lowest BCUT2D eigenvalue weighted by Gasteiger charge is -2.18. The van der Waals surface area contributed by atoms with E-state index in [1.54, 1.807) is 6.92 Å². The van der Waals surface area contributed by atoms with E-state index in [2.05, 4.69) is 0 Å². The van der Waals surface area contributed by atoms with Crippen LogP contribution in [0, 0.1) is 0 Å². The Labute approximate surface area is 81.6 Å². The lowest BCUT2D eigenvalue weighted by atomic mass is 10.3. The van der Waals surface area contributed by atoms with Crippen molar-refractivity contribution in [2.24, 2.45) is 0 Å². The van der Waals surface area contributed by atoms with Crippen LogP contribution in [0.2, 0.25) is 0 Å². The maximum absolute atomic E-state index is 10.4. The molecule has 0 radical (unpaired) electrons. The van der Waals surface area contributed by atoms with Crippen molar-refractivity contribution in [3.63, 3.8) is 0 Å². The van der Waals surface area contributed by atoms with Crippen LogP contribution in [0.15, 0.2) is 11.4 Å². The fraction of sp³-hybridized carbons (Fsp3) is 0.444. The zero-order valence-corrected chi connectivity index (χ0v) is 8.54. The standard InChI is InChI=1S/C9H13NO2S/c1-7(12)4-10(2)8-3-9(5-11)13-6-8/h3,5-7,12H,4H2,1-2H3. The van der Waals surface area contributed by atoms with Crippen molar-refractivity contribution in [3.8, 4) is 0 Å². The van der Waals surface area contributed by atoms with Crippen LogP contribution in [0.5, 0.6) is 0 Å². The molecule has 0 amide bonds. The average Bonchev–Trinajstić information content (AvgIpc) is 2.50. The normalized spacial score (nSPS) is 12.5. The number of hydrogen-bond donors (Lipinski definition) is 1. The number of anilines is 1. The van der Waals surface area contributed by atoms with Gasteiger partial charge in [0, 0.05) is 24.7 Å². The van der Waals surface area contributed by atoms with Gasteiger partial charge >= 0.3 is 0 Å². The van der Waals surface area contributed by atoms with Gasteiger partial charge in [-0.2, -0.15) is 0 Å². The molecule has 1 unspecified atom stereocenters. The third-order valence-electron chi connectivity index (χ3n) is 1.70. The summed E-state index contributed by atoms with van der Waals surface area (Å²) >= 11 is 1.41. The van der Waals surface area contributed by atoms with Gasteiger partial charge in [-0.25, -0.2) is 0 Å². The first-order chi connectivity index (χ1) is 6.13. The minimum absolute atomic E-state index is 0.357. The summed E-state index contributed by atoms with van der Waals surface area (Å²) in [5, 5.41) is 11.0. The summed E-state index contributed by atoms with van der Waals surface area (Å²) in [6.45, 7) is 2.32. The van der Waals surface area contributed by atoms with E-state index in [0.29, 0.717) is 11.4 Å². The molecule has 13 heavy (non-hydrogen) atoms. The van der Waals surface area contributed by atoms with E-state index in [1.807, 2.05) is 23.4 Å². The van der Waals surface area contributed by atoms with Crippen molar-refractivity contribution >= 4 is 23.3 Å². The van der Waals surface area contributed by atoms with Gasteiger partial charge in [0.1, 0.15) is 0 Å². The highest BCUT2D eigenvalue weighted by Crippen LogP contribution is 2.20. The van der Waals surface area contributed by atoms with Crippen LogP contribution < -0.4 is 4.90 Å². The highest BCUT2D eigenvalue weighted by Gasteiger charge is 2.06. The topological polar surface area (TPSA) is 40.5 Å². The van der Waals surface area contributed by atoms with E-state index in [4.69, 9.17) is 5.11 Å². The lowest BCUT2D eigenvalue weighted by molar-refractivity contribution is 0.112. The minimum Gasteiger partial charge on any atom is -0.392 e. The second kappa shape index (κ2) is 4.39. The first-order valence-corrected chi connectivity index (χ1v) is 4.94. The van der Waals surface area contributed by atoms with Gasteiger partial charge in [0.25, 0.3) is 0 Å². The Morgan fingerprint density at radius 1 is 1.77 bits per heavy atom. The van der Waals surface area contributed by atoms with Gasteiger partial charge in [-0.15, -0.1) is 11.3 Å². The molecule has 1 aromatic heterocycles. The number of aliphatic hydroxyl groups is 1. The van der Waals surface area contributed by atoms with Crippen LogP contribution in [-0.4, -0.2) is 31.1 Å². The molecule has 0 aliphatic heterocycles. The Hall–Kier alpha value is -0.870. The lowest BCUT2D eigenvalue weighted by Crippen LogP contribution is -2.26. The van der Waals surface area contributed by atoms with E-state index in [0.717, 1.165) is 12.0 Å². The monoisotopic (exact) mass is 199 g/mol. The molecule has 72 valence electrons. The summed E-state index contributed by atoms with van der Waals surface area (Å²) < 4.78 is 0. The fourth-order valence-corrected chi connectivity index (χ4v) is 1.86. The molecule has 0 saturated carbocycles. The second-order valence-electron chi connectivity index (χ2n) is 3.05. The number of hydrogen-bond acceptors (Lipinski definition) is 4. The highest BCUT2D eigenvalue weighted by molar-refractivity contribution is 7.12. The van der Waals surface area contributed by atoms with Crippen molar-refractivity contribution in [1.82, 2.24) is 0 Å². The van der Waals surface area contributed by atoms with E-state index < -0.39 is 0 Å². The van der Waals surface area contributed by atoms with Crippen molar-refractivity contribution in [1.29, 1.82) is 0 Å². The average molecular weight is 199 g/mol. The fourth-order valence-electron chi connectivity index (χ4n) is 1.11. The molecule has 0 fully saturated rings. The van der Waals surface area contributed by atoms with Gasteiger partial charge in [-0.1, -0.05) is 0 Å². The van der Waals surface area contributed by atoms with Gasteiger partial charge in [0.15, 0.2) is 6.29 Å². The zero-order chi connectivity index (χ0) is 9.84. The van der Waals surface area contributed by atoms with Crippen LogP contribution in [-0.2, 0) is 0 Å². The molecule has 1 rings (SSSR count). The van der Waals surface area contributed by atoms with Crippen LogP contribution >= 0.6 is 11.3 Å². The van der Waals surface area contributed by atoms with E-state index >= 15 is 0 Å². The third-order valence-corrected chi connectivity index (χ3v) is 2.55. The predicted octanol–water partition coefficient (Wildman–Crippen LogP) is 1.38. The smallest absolute Gasteiger partial charge is 0.160 e. The highest BCUT2D eigenvalue weighted by atomic mass is 32.1. The number of nitrogens with zero attached hydrogens (tertiary/aromatic N) is 1. The van der Waals surface area contributed by atoms with Gasteiger partial charge in [0.2, 0.25) is 0 Å². The summed E-state index contributed by atoms with van der Waals surface area (Å²) in [5.41, 5.74) is 0.980. The molecule has 1 N–H and O–H groups in total. The summed E-state index contributed by atoms with van der Waals surface area (Å²) in [6, 6.07) is 1.82. The molecule has 0 spiro atoms. The molecule has 0 aliphatic carbocycles. The Balaban J connectivity index is 2.65. The number of carbonyl (C=O) groups is 1. The molecule has 3 nitrogen and oxygen atoms in total. The quantitative estimate of drug-likeness (QED) is 0.745. The maximum Gasteiger partial charge on any atom is 0.160 e. The molecule has 1 heterocycles. The van der Waals surface area contributed by atoms with Crippen LogP contribution in [0.4, 0.5) is 5.69 Å². The first kappa shape index (κ1) is 10.2. The van der Waals surface area contributed by atoms with Gasteiger partial charge in [0.05, 0.1) is 11.0 Å². The second-order valence-corrected chi connectivity index (χ2v) is 4.00. The molecular formula is C9H13NO2S. The van der Waals surface area contributed by atoms with Gasteiger partial charge < -0.3 is 10.0 Å². The number of likely N-dealkylation sites (N-methyl/N-ethyl adjacent to an activating group) is 1. The molecule has 0 aromatic carbocycles. The minimum atomic E-state index is -0.357. The van der Waals surface area contributed by atoms with Crippen LogP contribution in [0.3, 0.4) is 0 Å². The molecule has 1 atom stereocenters. The largest absolute Gasteiger partial charge is 0.392 e. The molecule has 0 aliphatic rings. The van der Waals surface area contributed by atoms with Crippen molar-refractivity contribution in [2.75, 3.05) is 18.5 Å². The Kier molecular flexibility index (Phi) is 3.45. The summed E-state index contributed by atoms with van der Waals surface area (Å²) in [4.78, 5) is 13.0. The zero-order valence-electron chi connectivity index (χ0n) is 7.73. The first-order valence-electron chi connectivity index (χ1n) is 4.06. The molecule has 4 heteroatoms. The van der Waals surface area contributed by atoms with Crippen LogP contribution in [0.25, 0.3) is 0 Å². The summed E-state index contributed by atoms with van der Waals surface area (Å²) in [6.07, 6.45) is 0.481. The van der Waals surface area contributed by atoms with Crippen LogP contribution in [0.1, 0.15) is 16.6 Å². The van der Waals surface area contributed by atoms with Gasteiger partial charge in [-0.3, -0.25) is 4.79 Å². The maximum atomic E-state index is 10.4. The Morgan fingerprint density at radius 3 is 2.92 bits per heavy atom. The number of aliphatic hydroxyl groups excluding tert-OH is 1. The van der Waals surface area contributed by atoms with E-state index in [9.17, 15) is 4.79 Å². The van der Waals surface area contributed by atoms with Crippen molar-refractivity contribution in [2.45, 2.75) is 13.0 Å². The number of aldehydes is 1. The number of thiophene rings is 1. The Bertz CT molecular complexity index is 283. The SMILES string of the molecule is CC(O)CN(C)c1csc(C=O)c1. The molecule has 0 bridgehead atoms. The van der Waals surface area contributed by atoms with Gasteiger partial charge in [-0.05, 0) is 13.0 Å². The molecule has 1 aromatic rings. The van der Waals surface area contributed by atoms with Crippen molar-refractivity contribution in [3.05, 3.63) is 16.3 Å². The van der Waals surface area contributed by atoms with Crippen molar-refractivity contribution < 1.29 is 9.90 Å². The Morgan fingerprint density at radius 2 is 2.46 bits per heavy atom. The molecular weight excluding hydrogens is 186 g/mol. The van der Waals surface area contributed by atoms with E-state index in [1.165, 1.54) is 11.3 Å². The van der Waals surface area contributed by atoms with E-state index in [-0.39, 0.29) is 6.10 Å². The third kappa shape index (κ3) is 2.82. The predicted molar refractivity (Wildman–Crippen MR) is 54.7 cm³/mol. The summed E-state index contributed by atoms with van der Waals surface area (Å²) in [5.74, 6) is 0. The molecule has 0 saturated heterocycles. The number of rotatable bonds is 4.